The van der Waals surface area contributed by atoms with Crippen LogP contribution in [0.2, 0.25) is 0 Å². The molecule has 1 heterocycles. The van der Waals surface area contributed by atoms with Crippen LogP contribution in [0, 0.1) is 13.8 Å². The number of hydrogen-bond donors (Lipinski definition) is 0. The lowest BCUT2D eigenvalue weighted by atomic mass is 9.98. The molecule has 1 aliphatic rings. The molecule has 1 fully saturated rings. The van der Waals surface area contributed by atoms with E-state index in [-0.39, 0.29) is 23.3 Å². The summed E-state index contributed by atoms with van der Waals surface area (Å²) in [6, 6.07) is 10.7. The van der Waals surface area contributed by atoms with Crippen molar-refractivity contribution in [3.63, 3.8) is 0 Å². The quantitative estimate of drug-likeness (QED) is 0.452. The Morgan fingerprint density at radius 3 is 2.59 bits per heavy atom. The maximum absolute atomic E-state index is 12.9. The Balaban J connectivity index is 1.48. The Morgan fingerprint density at radius 1 is 1.03 bits per heavy atom. The molecule has 0 amide bonds. The van der Waals surface area contributed by atoms with Crippen molar-refractivity contribution in [3.05, 3.63) is 64.0 Å². The van der Waals surface area contributed by atoms with E-state index in [0.29, 0.717) is 22.5 Å². The van der Waals surface area contributed by atoms with E-state index in [4.69, 9.17) is 18.6 Å². The lowest BCUT2D eigenvalue weighted by Crippen LogP contribution is -2.31. The number of hydrogen-bond acceptors (Lipinski definition) is 6. The van der Waals surface area contributed by atoms with Gasteiger partial charge in [0.15, 0.2) is 6.10 Å². The third kappa shape index (κ3) is 4.96. The van der Waals surface area contributed by atoms with Gasteiger partial charge < -0.3 is 18.6 Å². The SMILES string of the molecule is Cc1ccc(C)c(Oc2coc3cc(OC(C)C(=O)OC4CCCCC4)ccc3c2=O)c1. The molecule has 2 aromatic carbocycles. The van der Waals surface area contributed by atoms with Gasteiger partial charge in [0, 0.05) is 6.07 Å². The molecule has 0 N–H and O–H groups in total. The highest BCUT2D eigenvalue weighted by Gasteiger charge is 2.23. The van der Waals surface area contributed by atoms with Gasteiger partial charge in [-0.3, -0.25) is 4.79 Å². The molecule has 1 atom stereocenters. The third-order valence-corrected chi connectivity index (χ3v) is 5.76. The van der Waals surface area contributed by atoms with Gasteiger partial charge in [0.2, 0.25) is 11.2 Å². The molecule has 0 aliphatic heterocycles. The van der Waals surface area contributed by atoms with Gasteiger partial charge in [-0.2, -0.15) is 0 Å². The van der Waals surface area contributed by atoms with Gasteiger partial charge in [0.1, 0.15) is 29.4 Å². The number of rotatable bonds is 6. The second kappa shape index (κ2) is 9.47. The summed E-state index contributed by atoms with van der Waals surface area (Å²) >= 11 is 0. The summed E-state index contributed by atoms with van der Waals surface area (Å²) in [7, 11) is 0. The summed E-state index contributed by atoms with van der Waals surface area (Å²) in [5.41, 5.74) is 2.04. The van der Waals surface area contributed by atoms with Crippen molar-refractivity contribution >= 4 is 16.9 Å². The van der Waals surface area contributed by atoms with Crippen LogP contribution in [0.4, 0.5) is 0 Å². The monoisotopic (exact) mass is 436 g/mol. The second-order valence-corrected chi connectivity index (χ2v) is 8.42. The highest BCUT2D eigenvalue weighted by molar-refractivity contribution is 5.79. The summed E-state index contributed by atoms with van der Waals surface area (Å²) in [5.74, 6) is 0.777. The molecule has 168 valence electrons. The molecule has 1 aromatic heterocycles. The number of carbonyl (C=O) groups excluding carboxylic acids is 1. The molecular weight excluding hydrogens is 408 g/mol. The minimum absolute atomic E-state index is 0.0209. The zero-order valence-electron chi connectivity index (χ0n) is 18.7. The van der Waals surface area contributed by atoms with E-state index in [1.165, 1.54) is 12.7 Å². The van der Waals surface area contributed by atoms with Crippen molar-refractivity contribution in [3.8, 4) is 17.2 Å². The smallest absolute Gasteiger partial charge is 0.347 e. The Kier molecular flexibility index (Phi) is 6.49. The zero-order chi connectivity index (χ0) is 22.7. The fourth-order valence-electron chi connectivity index (χ4n) is 3.87. The van der Waals surface area contributed by atoms with Crippen LogP contribution in [0.15, 0.2) is 51.9 Å². The molecule has 1 unspecified atom stereocenters. The number of benzene rings is 2. The minimum Gasteiger partial charge on any atom is -0.479 e. The molecule has 3 aromatic rings. The summed E-state index contributed by atoms with van der Waals surface area (Å²) in [5, 5.41) is 0.373. The van der Waals surface area contributed by atoms with Crippen LogP contribution in [-0.2, 0) is 9.53 Å². The first-order valence-corrected chi connectivity index (χ1v) is 11.1. The summed E-state index contributed by atoms with van der Waals surface area (Å²) in [6.07, 6.45) is 5.72. The van der Waals surface area contributed by atoms with Crippen molar-refractivity contribution in [2.45, 2.75) is 65.1 Å². The van der Waals surface area contributed by atoms with Crippen LogP contribution in [0.1, 0.15) is 50.2 Å². The van der Waals surface area contributed by atoms with Crippen molar-refractivity contribution in [1.29, 1.82) is 0 Å². The minimum atomic E-state index is -0.756. The average Bonchev–Trinajstić information content (AvgIpc) is 2.78. The molecule has 4 rings (SSSR count). The Bertz CT molecular complexity index is 1170. The molecule has 1 saturated carbocycles. The van der Waals surface area contributed by atoms with Crippen LogP contribution in [0.3, 0.4) is 0 Å². The van der Waals surface area contributed by atoms with Crippen LogP contribution in [0.5, 0.6) is 17.2 Å². The van der Waals surface area contributed by atoms with Crippen molar-refractivity contribution in [2.75, 3.05) is 0 Å². The van der Waals surface area contributed by atoms with Crippen molar-refractivity contribution in [1.82, 2.24) is 0 Å². The molecule has 0 bridgehead atoms. The number of fused-ring (bicyclic) bond motifs is 1. The third-order valence-electron chi connectivity index (χ3n) is 5.76. The highest BCUT2D eigenvalue weighted by atomic mass is 16.6. The van der Waals surface area contributed by atoms with E-state index >= 15 is 0 Å². The maximum atomic E-state index is 12.9. The Hall–Kier alpha value is -3.28. The topological polar surface area (TPSA) is 75.0 Å². The van der Waals surface area contributed by atoms with Crippen LogP contribution in [0.25, 0.3) is 11.0 Å². The molecule has 32 heavy (non-hydrogen) atoms. The predicted molar refractivity (Wildman–Crippen MR) is 122 cm³/mol. The van der Waals surface area contributed by atoms with Crippen LogP contribution in [-0.4, -0.2) is 18.2 Å². The van der Waals surface area contributed by atoms with E-state index < -0.39 is 6.10 Å². The van der Waals surface area contributed by atoms with Crippen molar-refractivity contribution < 1.29 is 23.4 Å². The van der Waals surface area contributed by atoms with Gasteiger partial charge in [-0.05, 0) is 75.8 Å². The Morgan fingerprint density at radius 2 is 1.81 bits per heavy atom. The lowest BCUT2D eigenvalue weighted by Gasteiger charge is -2.23. The van der Waals surface area contributed by atoms with E-state index in [1.807, 2.05) is 32.0 Å². The number of ether oxygens (including phenoxy) is 3. The predicted octanol–water partition coefficient (Wildman–Crippen LogP) is 5.85. The molecule has 0 radical (unpaired) electrons. The fraction of sp³-hybridized carbons (Fsp3) is 0.385. The second-order valence-electron chi connectivity index (χ2n) is 8.42. The zero-order valence-corrected chi connectivity index (χ0v) is 18.7. The van der Waals surface area contributed by atoms with Gasteiger partial charge in [-0.25, -0.2) is 4.79 Å². The lowest BCUT2D eigenvalue weighted by molar-refractivity contribution is -0.158. The van der Waals surface area contributed by atoms with Crippen LogP contribution >= 0.6 is 0 Å². The first-order valence-electron chi connectivity index (χ1n) is 11.1. The van der Waals surface area contributed by atoms with Gasteiger partial charge >= 0.3 is 5.97 Å². The molecule has 6 heteroatoms. The first kappa shape index (κ1) is 21.9. The molecule has 0 spiro atoms. The van der Waals surface area contributed by atoms with Gasteiger partial charge in [-0.15, -0.1) is 0 Å². The molecular formula is C26H28O6. The van der Waals surface area contributed by atoms with E-state index in [1.54, 1.807) is 25.1 Å². The normalized spacial score (nSPS) is 15.3. The van der Waals surface area contributed by atoms with Crippen LogP contribution < -0.4 is 14.9 Å². The highest BCUT2D eigenvalue weighted by Crippen LogP contribution is 2.27. The van der Waals surface area contributed by atoms with E-state index in [2.05, 4.69) is 0 Å². The molecule has 1 aliphatic carbocycles. The number of aryl methyl sites for hydroxylation is 2. The van der Waals surface area contributed by atoms with Crippen molar-refractivity contribution in [2.24, 2.45) is 0 Å². The van der Waals surface area contributed by atoms with E-state index in [9.17, 15) is 9.59 Å². The van der Waals surface area contributed by atoms with Gasteiger partial charge in [0.05, 0.1) is 5.39 Å². The molecule has 6 nitrogen and oxygen atoms in total. The number of esters is 1. The fourth-order valence-corrected chi connectivity index (χ4v) is 3.87. The summed E-state index contributed by atoms with van der Waals surface area (Å²) < 4.78 is 22.8. The molecule has 0 saturated heterocycles. The first-order chi connectivity index (χ1) is 15.4. The Labute approximate surface area is 187 Å². The maximum Gasteiger partial charge on any atom is 0.347 e. The summed E-state index contributed by atoms with van der Waals surface area (Å²) in [4.78, 5) is 25.3. The standard InChI is InChI=1S/C26H28O6/c1-16-9-10-17(2)22(13-16)32-24-15-29-23-14-20(11-12-21(23)25(24)27)30-18(3)26(28)31-19-7-5-4-6-8-19/h9-15,18-19H,4-8H2,1-3H3. The van der Waals surface area contributed by atoms with E-state index in [0.717, 1.165) is 36.8 Å². The average molecular weight is 437 g/mol. The van der Waals surface area contributed by atoms with Gasteiger partial charge in [-0.1, -0.05) is 18.6 Å². The summed E-state index contributed by atoms with van der Waals surface area (Å²) in [6.45, 7) is 5.54. The van der Waals surface area contributed by atoms with Gasteiger partial charge in [0.25, 0.3) is 0 Å². The largest absolute Gasteiger partial charge is 0.479 e. The number of carbonyl (C=O) groups is 1.